The summed E-state index contributed by atoms with van der Waals surface area (Å²) in [7, 11) is 0. The first-order chi connectivity index (χ1) is 6.97. The maximum atomic E-state index is 12.2. The van der Waals surface area contributed by atoms with Crippen molar-refractivity contribution in [3.63, 3.8) is 0 Å². The highest BCUT2D eigenvalue weighted by Gasteiger charge is 2.31. The highest BCUT2D eigenvalue weighted by molar-refractivity contribution is 6.21. The van der Waals surface area contributed by atoms with E-state index in [0.717, 1.165) is 6.42 Å². The summed E-state index contributed by atoms with van der Waals surface area (Å²) in [6.45, 7) is 8.38. The summed E-state index contributed by atoms with van der Waals surface area (Å²) < 4.78 is 5.31. The van der Waals surface area contributed by atoms with Gasteiger partial charge in [0.05, 0.1) is 18.6 Å². The minimum absolute atomic E-state index is 0.0795. The molecule has 1 heterocycles. The van der Waals surface area contributed by atoms with Crippen molar-refractivity contribution in [3.8, 4) is 0 Å². The Morgan fingerprint density at radius 1 is 1.60 bits per heavy atom. The molecule has 0 N–H and O–H groups in total. The molecule has 0 spiro atoms. The van der Waals surface area contributed by atoms with Crippen LogP contribution < -0.4 is 0 Å². The van der Waals surface area contributed by atoms with E-state index in [2.05, 4.69) is 0 Å². The van der Waals surface area contributed by atoms with E-state index in [-0.39, 0.29) is 16.7 Å². The normalized spacial score (nSPS) is 23.7. The van der Waals surface area contributed by atoms with Gasteiger partial charge < -0.3 is 9.64 Å². The van der Waals surface area contributed by atoms with Crippen LogP contribution in [0, 0.1) is 5.41 Å². The Hall–Kier alpha value is -0.280. The van der Waals surface area contributed by atoms with Gasteiger partial charge in [-0.15, -0.1) is 11.6 Å². The Bertz CT molecular complexity index is 231. The number of hydrogen-bond acceptors (Lipinski definition) is 2. The minimum atomic E-state index is -0.291. The fourth-order valence-corrected chi connectivity index (χ4v) is 1.79. The third-order valence-corrected chi connectivity index (χ3v) is 3.24. The van der Waals surface area contributed by atoms with Crippen LogP contribution in [0.4, 0.5) is 0 Å². The smallest absolute Gasteiger partial charge is 0.228 e. The number of carbonyl (C=O) groups is 1. The van der Waals surface area contributed by atoms with Gasteiger partial charge in [0.25, 0.3) is 0 Å². The van der Waals surface area contributed by atoms with Gasteiger partial charge in [0, 0.05) is 18.5 Å². The summed E-state index contributed by atoms with van der Waals surface area (Å²) in [6.07, 6.45) is 0.843. The molecule has 1 amide bonds. The average molecular weight is 234 g/mol. The number of alkyl halides is 1. The lowest BCUT2D eigenvalue weighted by Gasteiger charge is -2.30. The Kier molecular flexibility index (Phi) is 4.41. The van der Waals surface area contributed by atoms with E-state index < -0.39 is 0 Å². The van der Waals surface area contributed by atoms with Crippen molar-refractivity contribution in [2.24, 2.45) is 5.41 Å². The minimum Gasteiger partial charge on any atom is -0.378 e. The lowest BCUT2D eigenvalue weighted by atomic mass is 9.88. The van der Waals surface area contributed by atoms with Crippen LogP contribution in [0.3, 0.4) is 0 Å². The summed E-state index contributed by atoms with van der Waals surface area (Å²) in [6, 6.07) is 0. The molecule has 0 bridgehead atoms. The maximum absolute atomic E-state index is 12.2. The summed E-state index contributed by atoms with van der Waals surface area (Å²) >= 11 is 6.03. The zero-order valence-corrected chi connectivity index (χ0v) is 10.5. The molecule has 88 valence electrons. The molecular formula is C11H20ClNO2. The number of halogens is 1. The molecule has 1 atom stereocenters. The molecule has 1 aliphatic rings. The molecule has 15 heavy (non-hydrogen) atoms. The molecule has 1 aliphatic heterocycles. The largest absolute Gasteiger partial charge is 0.378 e. The number of ether oxygens (including phenoxy) is 1. The summed E-state index contributed by atoms with van der Waals surface area (Å²) in [5.41, 5.74) is -0.291. The molecule has 0 saturated carbocycles. The molecule has 1 saturated heterocycles. The molecule has 0 aromatic heterocycles. The van der Waals surface area contributed by atoms with Crippen molar-refractivity contribution in [1.29, 1.82) is 0 Å². The fourth-order valence-electron chi connectivity index (χ4n) is 1.53. The van der Waals surface area contributed by atoms with Crippen molar-refractivity contribution in [1.82, 2.24) is 4.90 Å². The first kappa shape index (κ1) is 12.8. The monoisotopic (exact) mass is 233 g/mol. The Morgan fingerprint density at radius 2 is 2.27 bits per heavy atom. The van der Waals surface area contributed by atoms with Crippen LogP contribution in [0.15, 0.2) is 0 Å². The fraction of sp³-hybridized carbons (Fsp3) is 0.909. The highest BCUT2D eigenvalue weighted by Crippen LogP contribution is 2.24. The SMILES string of the molecule is CCC(C)(C)C(=O)N1CCOCC(Cl)C1. The van der Waals surface area contributed by atoms with E-state index in [4.69, 9.17) is 16.3 Å². The van der Waals surface area contributed by atoms with Gasteiger partial charge in [-0.1, -0.05) is 20.8 Å². The quantitative estimate of drug-likeness (QED) is 0.682. The predicted octanol–water partition coefficient (Wildman–Crippen LogP) is 1.89. The van der Waals surface area contributed by atoms with Gasteiger partial charge >= 0.3 is 0 Å². The Morgan fingerprint density at radius 3 is 2.87 bits per heavy atom. The van der Waals surface area contributed by atoms with Gasteiger partial charge in [0.1, 0.15) is 0 Å². The molecular weight excluding hydrogens is 214 g/mol. The van der Waals surface area contributed by atoms with Gasteiger partial charge in [0.2, 0.25) is 5.91 Å². The molecule has 0 aromatic carbocycles. The summed E-state index contributed by atoms with van der Waals surface area (Å²) in [5, 5.41) is -0.0795. The molecule has 1 rings (SSSR count). The maximum Gasteiger partial charge on any atom is 0.228 e. The molecule has 0 aromatic rings. The second kappa shape index (κ2) is 5.17. The van der Waals surface area contributed by atoms with Crippen LogP contribution >= 0.6 is 11.6 Å². The third kappa shape index (κ3) is 3.35. The van der Waals surface area contributed by atoms with Crippen molar-refractivity contribution in [2.75, 3.05) is 26.3 Å². The van der Waals surface area contributed by atoms with E-state index in [0.29, 0.717) is 26.3 Å². The van der Waals surface area contributed by atoms with Crippen LogP contribution in [-0.2, 0) is 9.53 Å². The van der Waals surface area contributed by atoms with Gasteiger partial charge in [-0.05, 0) is 6.42 Å². The number of carbonyl (C=O) groups excluding carboxylic acids is 1. The molecule has 4 heteroatoms. The van der Waals surface area contributed by atoms with Crippen LogP contribution in [0.5, 0.6) is 0 Å². The van der Waals surface area contributed by atoms with E-state index in [1.165, 1.54) is 0 Å². The van der Waals surface area contributed by atoms with Gasteiger partial charge in [-0.3, -0.25) is 4.79 Å². The molecule has 1 unspecified atom stereocenters. The van der Waals surface area contributed by atoms with Crippen molar-refractivity contribution >= 4 is 17.5 Å². The number of rotatable bonds is 2. The van der Waals surface area contributed by atoms with Gasteiger partial charge in [-0.2, -0.15) is 0 Å². The average Bonchev–Trinajstić information content (AvgIpc) is 2.41. The first-order valence-electron chi connectivity index (χ1n) is 5.48. The summed E-state index contributed by atoms with van der Waals surface area (Å²) in [4.78, 5) is 14.0. The van der Waals surface area contributed by atoms with E-state index >= 15 is 0 Å². The highest BCUT2D eigenvalue weighted by atomic mass is 35.5. The Labute approximate surface area is 96.7 Å². The van der Waals surface area contributed by atoms with Crippen molar-refractivity contribution in [2.45, 2.75) is 32.6 Å². The van der Waals surface area contributed by atoms with Crippen molar-refractivity contribution < 1.29 is 9.53 Å². The first-order valence-corrected chi connectivity index (χ1v) is 5.92. The second-order valence-electron chi connectivity index (χ2n) is 4.66. The molecule has 0 aliphatic carbocycles. The third-order valence-electron chi connectivity index (χ3n) is 2.97. The second-order valence-corrected chi connectivity index (χ2v) is 5.28. The molecule has 3 nitrogen and oxygen atoms in total. The number of hydrogen-bond donors (Lipinski definition) is 0. The lowest BCUT2D eigenvalue weighted by molar-refractivity contribution is -0.140. The van der Waals surface area contributed by atoms with Crippen LogP contribution in [0.2, 0.25) is 0 Å². The van der Waals surface area contributed by atoms with Crippen molar-refractivity contribution in [3.05, 3.63) is 0 Å². The van der Waals surface area contributed by atoms with E-state index in [1.54, 1.807) is 0 Å². The number of nitrogens with zero attached hydrogens (tertiary/aromatic N) is 1. The van der Waals surface area contributed by atoms with Crippen LogP contribution in [0.25, 0.3) is 0 Å². The van der Waals surface area contributed by atoms with Gasteiger partial charge in [0.15, 0.2) is 0 Å². The zero-order valence-electron chi connectivity index (χ0n) is 9.75. The van der Waals surface area contributed by atoms with E-state index in [9.17, 15) is 4.79 Å². The van der Waals surface area contributed by atoms with Crippen LogP contribution in [-0.4, -0.2) is 42.5 Å². The zero-order chi connectivity index (χ0) is 11.5. The predicted molar refractivity (Wildman–Crippen MR) is 61.1 cm³/mol. The molecule has 1 fully saturated rings. The Balaban J connectivity index is 2.65. The topological polar surface area (TPSA) is 29.5 Å². The standard InChI is InChI=1S/C11H20ClNO2/c1-4-11(2,3)10(14)13-5-6-15-8-9(12)7-13/h9H,4-8H2,1-3H3. The summed E-state index contributed by atoms with van der Waals surface area (Å²) in [5.74, 6) is 0.182. The van der Waals surface area contributed by atoms with E-state index in [1.807, 2.05) is 25.7 Å². The lowest BCUT2D eigenvalue weighted by Crippen LogP contribution is -2.43. The number of amides is 1. The molecule has 0 radical (unpaired) electrons. The van der Waals surface area contributed by atoms with Crippen LogP contribution in [0.1, 0.15) is 27.2 Å². The van der Waals surface area contributed by atoms with Gasteiger partial charge in [-0.25, -0.2) is 0 Å².